The van der Waals surface area contributed by atoms with E-state index < -0.39 is 10.0 Å². The van der Waals surface area contributed by atoms with Crippen molar-refractivity contribution in [3.8, 4) is 0 Å². The zero-order valence-electron chi connectivity index (χ0n) is 12.3. The van der Waals surface area contributed by atoms with Crippen LogP contribution in [0.3, 0.4) is 0 Å². The molecule has 1 aromatic rings. The number of pyridine rings is 1. The fourth-order valence-corrected chi connectivity index (χ4v) is 3.45. The molecule has 1 rings (SSSR count). The first-order valence-corrected chi connectivity index (χ1v) is 9.12. The van der Waals surface area contributed by atoms with Gasteiger partial charge < -0.3 is 5.73 Å². The molecule has 3 N–H and O–H groups in total. The summed E-state index contributed by atoms with van der Waals surface area (Å²) in [6, 6.07) is 3.02. The minimum atomic E-state index is -3.61. The van der Waals surface area contributed by atoms with Crippen molar-refractivity contribution in [3.05, 3.63) is 24.0 Å². The number of sulfonamides is 1. The number of rotatable bonds is 10. The molecule has 0 radical (unpaired) electrons. The third-order valence-corrected chi connectivity index (χ3v) is 4.80. The number of hydrogen-bond donors (Lipinski definition) is 2. The summed E-state index contributed by atoms with van der Waals surface area (Å²) in [4.78, 5) is 3.96. The van der Waals surface area contributed by atoms with Crippen molar-refractivity contribution in [3.63, 3.8) is 0 Å². The van der Waals surface area contributed by atoms with Crippen LogP contribution in [0.25, 0.3) is 0 Å². The highest BCUT2D eigenvalue weighted by Crippen LogP contribution is 2.13. The molecule has 0 amide bonds. The Morgan fingerprint density at radius 1 is 1.29 bits per heavy atom. The summed E-state index contributed by atoms with van der Waals surface area (Å²) in [7, 11) is -3.61. The van der Waals surface area contributed by atoms with Gasteiger partial charge in [-0.1, -0.05) is 51.2 Å². The highest BCUT2D eigenvalue weighted by molar-refractivity contribution is 7.89. The molecule has 0 aliphatic heterocycles. The monoisotopic (exact) mass is 329 g/mol. The van der Waals surface area contributed by atoms with Crippen molar-refractivity contribution in [1.29, 1.82) is 0 Å². The molecule has 0 spiro atoms. The van der Waals surface area contributed by atoms with Gasteiger partial charge in [-0.2, -0.15) is 0 Å². The summed E-state index contributed by atoms with van der Waals surface area (Å²) in [6.07, 6.45) is 8.11. The molecule has 1 heterocycles. The molecule has 0 aliphatic carbocycles. The van der Waals surface area contributed by atoms with E-state index in [0.717, 1.165) is 19.3 Å². The normalized spacial score (nSPS) is 11.5. The maximum Gasteiger partial charge on any atom is 0.242 e. The quantitative estimate of drug-likeness (QED) is 0.508. The lowest BCUT2D eigenvalue weighted by Crippen LogP contribution is -2.28. The molecule has 7 heteroatoms. The third-order valence-electron chi connectivity index (χ3n) is 3.12. The fraction of sp³-hybridized carbons (Fsp3) is 0.571. The van der Waals surface area contributed by atoms with E-state index in [4.69, 9.17) is 18.0 Å². The zero-order chi connectivity index (χ0) is 15.7. The number of nitrogens with one attached hydrogen (secondary N) is 1. The van der Waals surface area contributed by atoms with Crippen LogP contribution in [0.15, 0.2) is 23.2 Å². The Bertz CT molecular complexity index is 559. The number of thiocarbonyl (C=S) groups is 1. The topological polar surface area (TPSA) is 85.1 Å². The van der Waals surface area contributed by atoms with Crippen LogP contribution in [-0.2, 0) is 10.0 Å². The summed E-state index contributed by atoms with van der Waals surface area (Å²) >= 11 is 4.84. The molecule has 118 valence electrons. The molecular weight excluding hydrogens is 306 g/mol. The first-order chi connectivity index (χ1) is 9.99. The lowest BCUT2D eigenvalue weighted by atomic mass is 10.1. The third kappa shape index (κ3) is 6.07. The lowest BCUT2D eigenvalue weighted by molar-refractivity contribution is 0.567. The van der Waals surface area contributed by atoms with Gasteiger partial charge in [-0.15, -0.1) is 0 Å². The molecule has 21 heavy (non-hydrogen) atoms. The van der Waals surface area contributed by atoms with Gasteiger partial charge in [0.15, 0.2) is 0 Å². The van der Waals surface area contributed by atoms with Crippen molar-refractivity contribution in [2.75, 3.05) is 6.54 Å². The number of nitrogens with zero attached hydrogens (tertiary/aromatic N) is 1. The van der Waals surface area contributed by atoms with E-state index in [0.29, 0.717) is 6.54 Å². The predicted molar refractivity (Wildman–Crippen MR) is 88.7 cm³/mol. The molecular formula is C14H23N3O2S2. The van der Waals surface area contributed by atoms with E-state index >= 15 is 0 Å². The van der Waals surface area contributed by atoms with Crippen LogP contribution < -0.4 is 10.5 Å². The average molecular weight is 329 g/mol. The van der Waals surface area contributed by atoms with E-state index in [1.165, 1.54) is 31.5 Å². The van der Waals surface area contributed by atoms with Crippen molar-refractivity contribution in [1.82, 2.24) is 9.71 Å². The Morgan fingerprint density at radius 3 is 2.62 bits per heavy atom. The Labute approximate surface area is 132 Å². The number of nitrogens with two attached hydrogens (primary N) is 1. The first kappa shape index (κ1) is 18.0. The van der Waals surface area contributed by atoms with Crippen molar-refractivity contribution < 1.29 is 8.42 Å². The molecule has 0 aliphatic rings. The zero-order valence-corrected chi connectivity index (χ0v) is 14.0. The average Bonchev–Trinajstić information content (AvgIpc) is 2.46. The van der Waals surface area contributed by atoms with Crippen LogP contribution >= 0.6 is 12.2 Å². The number of unbranched alkanes of at least 4 members (excludes halogenated alkanes) is 5. The minimum absolute atomic E-state index is 0.0180. The van der Waals surface area contributed by atoms with Gasteiger partial charge in [-0.05, 0) is 18.6 Å². The highest BCUT2D eigenvalue weighted by Gasteiger charge is 2.19. The standard InChI is InChI=1S/C14H23N3O2S2/c1-2-3-4-5-6-7-11-17-21(18,19)12-9-8-10-16-13(12)14(15)20/h8-10,17H,2-7,11H2,1H3,(H2,15,20). The van der Waals surface area contributed by atoms with Crippen LogP contribution in [0.2, 0.25) is 0 Å². The first-order valence-electron chi connectivity index (χ1n) is 7.23. The predicted octanol–water partition coefficient (Wildman–Crippen LogP) is 2.35. The van der Waals surface area contributed by atoms with E-state index in [9.17, 15) is 8.42 Å². The molecule has 1 aromatic heterocycles. The second kappa shape index (κ2) is 9.07. The Morgan fingerprint density at radius 2 is 1.95 bits per heavy atom. The second-order valence-corrected chi connectivity index (χ2v) is 7.06. The molecule has 0 fully saturated rings. The SMILES string of the molecule is CCCCCCCCNS(=O)(=O)c1cccnc1C(N)=S. The highest BCUT2D eigenvalue weighted by atomic mass is 32.2. The van der Waals surface area contributed by atoms with Crippen LogP contribution in [0, 0.1) is 0 Å². The molecule has 0 aromatic carbocycles. The molecule has 0 saturated heterocycles. The lowest BCUT2D eigenvalue weighted by Gasteiger charge is -2.09. The Hall–Kier alpha value is -1.05. The van der Waals surface area contributed by atoms with Gasteiger partial charge in [-0.3, -0.25) is 4.98 Å². The van der Waals surface area contributed by atoms with E-state index in [-0.39, 0.29) is 15.6 Å². The molecule has 0 atom stereocenters. The van der Waals surface area contributed by atoms with Gasteiger partial charge in [0.05, 0.1) is 0 Å². The van der Waals surface area contributed by atoms with Gasteiger partial charge in [0.25, 0.3) is 0 Å². The summed E-state index contributed by atoms with van der Waals surface area (Å²) in [5.41, 5.74) is 5.65. The smallest absolute Gasteiger partial charge is 0.242 e. The van der Waals surface area contributed by atoms with Crippen molar-refractivity contribution >= 4 is 27.2 Å². The largest absolute Gasteiger partial charge is 0.388 e. The Kier molecular flexibility index (Phi) is 7.77. The van der Waals surface area contributed by atoms with Crippen LogP contribution in [-0.4, -0.2) is 24.9 Å². The summed E-state index contributed by atoms with van der Waals surface area (Å²) in [6.45, 7) is 2.58. The Balaban J connectivity index is 2.53. The summed E-state index contributed by atoms with van der Waals surface area (Å²) in [5.74, 6) is 0. The maximum atomic E-state index is 12.2. The molecule has 5 nitrogen and oxygen atoms in total. The van der Waals surface area contributed by atoms with Gasteiger partial charge in [0, 0.05) is 12.7 Å². The van der Waals surface area contributed by atoms with E-state index in [1.54, 1.807) is 6.07 Å². The van der Waals surface area contributed by atoms with Crippen LogP contribution in [0.5, 0.6) is 0 Å². The van der Waals surface area contributed by atoms with Crippen molar-refractivity contribution in [2.24, 2.45) is 5.73 Å². The minimum Gasteiger partial charge on any atom is -0.388 e. The van der Waals surface area contributed by atoms with Gasteiger partial charge >= 0.3 is 0 Å². The molecule has 0 bridgehead atoms. The van der Waals surface area contributed by atoms with Gasteiger partial charge in [-0.25, -0.2) is 13.1 Å². The van der Waals surface area contributed by atoms with E-state index in [2.05, 4.69) is 16.6 Å². The summed E-state index contributed by atoms with van der Waals surface area (Å²) in [5, 5.41) is 0. The molecule has 0 saturated carbocycles. The van der Waals surface area contributed by atoms with Crippen LogP contribution in [0.4, 0.5) is 0 Å². The fourth-order valence-electron chi connectivity index (χ4n) is 1.98. The van der Waals surface area contributed by atoms with Crippen molar-refractivity contribution in [2.45, 2.75) is 50.3 Å². The summed E-state index contributed by atoms with van der Waals surface area (Å²) < 4.78 is 27.0. The van der Waals surface area contributed by atoms with E-state index in [1.807, 2.05) is 0 Å². The van der Waals surface area contributed by atoms with Crippen LogP contribution in [0.1, 0.15) is 51.1 Å². The maximum absolute atomic E-state index is 12.2. The van der Waals surface area contributed by atoms with Gasteiger partial charge in [0.2, 0.25) is 10.0 Å². The number of aromatic nitrogens is 1. The van der Waals surface area contributed by atoms with Gasteiger partial charge in [0.1, 0.15) is 15.6 Å². The molecule has 0 unspecified atom stereocenters. The number of hydrogen-bond acceptors (Lipinski definition) is 4. The second-order valence-electron chi connectivity index (χ2n) is 4.88.